The summed E-state index contributed by atoms with van der Waals surface area (Å²) in [5.74, 6) is -0.269. The van der Waals surface area contributed by atoms with Crippen LogP contribution in [0.4, 0.5) is 5.13 Å². The Kier molecular flexibility index (Phi) is 5.86. The van der Waals surface area contributed by atoms with Crippen molar-refractivity contribution >= 4 is 52.3 Å². The summed E-state index contributed by atoms with van der Waals surface area (Å²) >= 11 is 1.25. The lowest BCUT2D eigenvalue weighted by Gasteiger charge is -2.15. The van der Waals surface area contributed by atoms with Gasteiger partial charge in [-0.15, -0.1) is 0 Å². The van der Waals surface area contributed by atoms with Crippen LogP contribution in [0.3, 0.4) is 0 Å². The normalized spacial score (nSPS) is 15.4. The molecular weight excluding hydrogens is 458 g/mol. The van der Waals surface area contributed by atoms with E-state index < -0.39 is 19.9 Å². The molecule has 1 aliphatic heterocycles. The van der Waals surface area contributed by atoms with E-state index >= 15 is 0 Å². The first-order valence-electron chi connectivity index (χ1n) is 9.62. The number of aromatic nitrogens is 1. The minimum absolute atomic E-state index is 0.0635. The van der Waals surface area contributed by atoms with Crippen molar-refractivity contribution in [2.24, 2.45) is 0 Å². The van der Waals surface area contributed by atoms with Crippen molar-refractivity contribution in [3.8, 4) is 0 Å². The van der Waals surface area contributed by atoms with Crippen LogP contribution < -0.4 is 5.32 Å². The molecule has 0 atom stereocenters. The Morgan fingerprint density at radius 1 is 1.06 bits per heavy atom. The van der Waals surface area contributed by atoms with Crippen LogP contribution in [0, 0.1) is 0 Å². The Morgan fingerprint density at radius 3 is 2.52 bits per heavy atom. The highest BCUT2D eigenvalue weighted by molar-refractivity contribution is 7.90. The number of rotatable bonds is 7. The summed E-state index contributed by atoms with van der Waals surface area (Å²) in [6.07, 6.45) is 2.83. The Morgan fingerprint density at radius 2 is 1.81 bits per heavy atom. The van der Waals surface area contributed by atoms with Gasteiger partial charge < -0.3 is 5.32 Å². The van der Waals surface area contributed by atoms with Crippen LogP contribution in [0.15, 0.2) is 52.3 Å². The molecule has 0 aliphatic carbocycles. The molecule has 11 heteroatoms. The van der Waals surface area contributed by atoms with Gasteiger partial charge in [0.05, 0.1) is 26.6 Å². The zero-order chi connectivity index (χ0) is 22.2. The molecule has 2 heterocycles. The van der Waals surface area contributed by atoms with Crippen LogP contribution in [0.25, 0.3) is 10.2 Å². The highest BCUT2D eigenvalue weighted by Crippen LogP contribution is 2.28. The molecule has 0 saturated carbocycles. The molecule has 8 nitrogen and oxygen atoms in total. The minimum Gasteiger partial charge on any atom is -0.354 e. The number of fused-ring (bicyclic) bond motifs is 1. The second kappa shape index (κ2) is 8.30. The van der Waals surface area contributed by atoms with Crippen molar-refractivity contribution in [1.82, 2.24) is 9.29 Å². The molecule has 1 aliphatic rings. The number of Topliss-reactive ketones (excluding diaryl/α,β-unsaturated/α-hetero) is 1. The number of thiazole rings is 1. The van der Waals surface area contributed by atoms with Crippen LogP contribution in [0.2, 0.25) is 0 Å². The molecule has 3 aromatic rings. The molecular formula is C20H21N3O5S3. The number of sulfone groups is 1. The van der Waals surface area contributed by atoms with Gasteiger partial charge >= 0.3 is 0 Å². The molecule has 0 radical (unpaired) electrons. The third kappa shape index (κ3) is 4.64. The van der Waals surface area contributed by atoms with Crippen molar-refractivity contribution in [2.75, 3.05) is 31.2 Å². The summed E-state index contributed by atoms with van der Waals surface area (Å²) in [5.41, 5.74) is 0.930. The monoisotopic (exact) mass is 479 g/mol. The summed E-state index contributed by atoms with van der Waals surface area (Å²) in [5, 5.41) is 3.43. The molecule has 0 bridgehead atoms. The van der Waals surface area contributed by atoms with Crippen molar-refractivity contribution < 1.29 is 21.6 Å². The third-order valence-corrected chi connectivity index (χ3v) is 9.03. The summed E-state index contributed by atoms with van der Waals surface area (Å²) < 4.78 is 51.0. The fourth-order valence-corrected chi connectivity index (χ4v) is 6.56. The number of sulfonamides is 1. The number of nitrogens with zero attached hydrogens (tertiary/aromatic N) is 2. The Hall–Kier alpha value is -2.34. The SMILES string of the molecule is CS(=O)(=O)c1ccc2nc(NCC(=O)c3cccc(S(=O)(=O)N4CCCC4)c3)sc2c1. The summed E-state index contributed by atoms with van der Waals surface area (Å²) in [6, 6.07) is 10.8. The van der Waals surface area contributed by atoms with Gasteiger partial charge in [0.25, 0.3) is 0 Å². The topological polar surface area (TPSA) is 114 Å². The number of hydrogen-bond donors (Lipinski definition) is 1. The number of anilines is 1. The van der Waals surface area contributed by atoms with E-state index in [9.17, 15) is 21.6 Å². The van der Waals surface area contributed by atoms with Gasteiger partial charge in [0.15, 0.2) is 20.8 Å². The van der Waals surface area contributed by atoms with E-state index in [1.165, 1.54) is 33.8 Å². The Bertz CT molecular complexity index is 1360. The maximum absolute atomic E-state index is 12.7. The van der Waals surface area contributed by atoms with Crippen LogP contribution >= 0.6 is 11.3 Å². The average molecular weight is 480 g/mol. The van der Waals surface area contributed by atoms with Gasteiger partial charge in [-0.05, 0) is 43.2 Å². The van der Waals surface area contributed by atoms with Gasteiger partial charge in [0.2, 0.25) is 10.0 Å². The van der Waals surface area contributed by atoms with E-state index in [0.29, 0.717) is 34.0 Å². The molecule has 2 aromatic carbocycles. The smallest absolute Gasteiger partial charge is 0.243 e. The van der Waals surface area contributed by atoms with Gasteiger partial charge in [0.1, 0.15) is 0 Å². The summed E-state index contributed by atoms with van der Waals surface area (Å²) in [6.45, 7) is 0.938. The molecule has 4 rings (SSSR count). The van der Waals surface area contributed by atoms with E-state index in [0.717, 1.165) is 19.1 Å². The standard InChI is InChI=1S/C20H21N3O5S3/c1-30(25,26)15-7-8-17-19(12-15)29-20(22-17)21-13-18(24)14-5-4-6-16(11-14)31(27,28)23-9-2-3-10-23/h4-8,11-12H,2-3,9-10,13H2,1H3,(H,21,22). The zero-order valence-electron chi connectivity index (χ0n) is 16.7. The average Bonchev–Trinajstić information content (AvgIpc) is 3.41. The predicted molar refractivity (Wildman–Crippen MR) is 120 cm³/mol. The lowest BCUT2D eigenvalue weighted by molar-refractivity contribution is 0.101. The van der Waals surface area contributed by atoms with E-state index in [4.69, 9.17) is 0 Å². The number of carbonyl (C=O) groups is 1. The third-order valence-electron chi connectivity index (χ3n) is 5.05. The fraction of sp³-hybridized carbons (Fsp3) is 0.300. The molecule has 0 amide bonds. The Balaban J connectivity index is 1.49. The first kappa shape index (κ1) is 21.9. The van der Waals surface area contributed by atoms with Crippen LogP contribution in [-0.4, -0.2) is 57.8 Å². The second-order valence-corrected chi connectivity index (χ2v) is 12.3. The molecule has 0 unspecified atom stereocenters. The lowest BCUT2D eigenvalue weighted by atomic mass is 10.1. The molecule has 1 N–H and O–H groups in total. The number of benzene rings is 2. The van der Waals surface area contributed by atoms with Gasteiger partial charge in [-0.1, -0.05) is 23.5 Å². The minimum atomic E-state index is -3.59. The van der Waals surface area contributed by atoms with Crippen molar-refractivity contribution in [1.29, 1.82) is 0 Å². The quantitative estimate of drug-likeness (QED) is 0.518. The number of nitrogens with one attached hydrogen (secondary N) is 1. The Labute approximate surface area is 184 Å². The van der Waals surface area contributed by atoms with Crippen molar-refractivity contribution in [2.45, 2.75) is 22.6 Å². The zero-order valence-corrected chi connectivity index (χ0v) is 19.2. The highest BCUT2D eigenvalue weighted by Gasteiger charge is 2.27. The van der Waals surface area contributed by atoms with Crippen molar-refractivity contribution in [3.63, 3.8) is 0 Å². The number of ketones is 1. The first-order chi connectivity index (χ1) is 14.6. The van der Waals surface area contributed by atoms with E-state index in [-0.39, 0.29) is 22.1 Å². The van der Waals surface area contributed by atoms with Crippen molar-refractivity contribution in [3.05, 3.63) is 48.0 Å². The van der Waals surface area contributed by atoms with E-state index in [2.05, 4.69) is 10.3 Å². The van der Waals surface area contributed by atoms with Crippen LogP contribution in [0.5, 0.6) is 0 Å². The molecule has 1 saturated heterocycles. The van der Waals surface area contributed by atoms with E-state index in [1.807, 2.05) is 0 Å². The highest BCUT2D eigenvalue weighted by atomic mass is 32.2. The first-order valence-corrected chi connectivity index (χ1v) is 13.8. The maximum atomic E-state index is 12.7. The molecule has 0 spiro atoms. The van der Waals surface area contributed by atoms with Crippen LogP contribution in [0.1, 0.15) is 23.2 Å². The largest absolute Gasteiger partial charge is 0.354 e. The maximum Gasteiger partial charge on any atom is 0.243 e. The van der Waals surface area contributed by atoms with Gasteiger partial charge in [0, 0.05) is 24.9 Å². The van der Waals surface area contributed by atoms with E-state index in [1.54, 1.807) is 24.3 Å². The summed E-state index contributed by atoms with van der Waals surface area (Å²) in [7, 11) is -6.91. The fourth-order valence-electron chi connectivity index (χ4n) is 3.38. The van der Waals surface area contributed by atoms with Crippen LogP contribution in [-0.2, 0) is 19.9 Å². The predicted octanol–water partition coefficient (Wildman–Crippen LogP) is 2.78. The number of carbonyl (C=O) groups excluding carboxylic acids is 1. The molecule has 1 aromatic heterocycles. The molecule has 1 fully saturated rings. The number of hydrogen-bond acceptors (Lipinski definition) is 8. The van der Waals surface area contributed by atoms with Gasteiger partial charge in [-0.2, -0.15) is 4.31 Å². The summed E-state index contributed by atoms with van der Waals surface area (Å²) in [4.78, 5) is 17.3. The lowest BCUT2D eigenvalue weighted by Crippen LogP contribution is -2.28. The van der Waals surface area contributed by atoms with Gasteiger partial charge in [-0.3, -0.25) is 4.79 Å². The molecule has 31 heavy (non-hydrogen) atoms. The van der Waals surface area contributed by atoms with Gasteiger partial charge in [-0.25, -0.2) is 21.8 Å². The second-order valence-electron chi connectivity index (χ2n) is 7.34. The molecule has 164 valence electrons.